The molecule has 0 aliphatic carbocycles. The van der Waals surface area contributed by atoms with E-state index in [4.69, 9.17) is 0 Å². The highest BCUT2D eigenvalue weighted by Gasteiger charge is 2.27. The Bertz CT molecular complexity index is 513. The van der Waals surface area contributed by atoms with Crippen LogP contribution in [0.15, 0.2) is 28.7 Å². The maximum atomic E-state index is 11.4. The van der Waals surface area contributed by atoms with E-state index in [0.29, 0.717) is 17.5 Å². The smallest absolute Gasteiger partial charge is 0.150 e. The summed E-state index contributed by atoms with van der Waals surface area (Å²) in [7, 11) is -2.75. The molecule has 1 aliphatic rings. The fourth-order valence-electron chi connectivity index (χ4n) is 2.45. The lowest BCUT2D eigenvalue weighted by atomic mass is 10.1. The van der Waals surface area contributed by atoms with E-state index < -0.39 is 9.84 Å². The second kappa shape index (κ2) is 6.37. The van der Waals surface area contributed by atoms with Gasteiger partial charge in [0.1, 0.15) is 0 Å². The lowest BCUT2D eigenvalue weighted by Crippen LogP contribution is -2.33. The summed E-state index contributed by atoms with van der Waals surface area (Å²) in [6.07, 6.45) is 1.77. The van der Waals surface area contributed by atoms with Crippen LogP contribution in [0.25, 0.3) is 0 Å². The minimum absolute atomic E-state index is 0.289. The monoisotopic (exact) mass is 345 g/mol. The molecule has 1 aliphatic heterocycles. The van der Waals surface area contributed by atoms with E-state index >= 15 is 0 Å². The summed E-state index contributed by atoms with van der Waals surface area (Å²) in [5, 5.41) is 3.45. The van der Waals surface area contributed by atoms with E-state index in [1.165, 1.54) is 5.56 Å². The Labute approximate surface area is 123 Å². The van der Waals surface area contributed by atoms with E-state index in [-0.39, 0.29) is 5.92 Å². The van der Waals surface area contributed by atoms with Crippen molar-refractivity contribution in [3.63, 3.8) is 0 Å². The molecule has 1 fully saturated rings. The summed E-state index contributed by atoms with van der Waals surface area (Å²) in [6.45, 7) is 2.95. The van der Waals surface area contributed by atoms with Crippen LogP contribution < -0.4 is 5.32 Å². The number of hydrogen-bond acceptors (Lipinski definition) is 3. The Kier molecular flexibility index (Phi) is 5.03. The van der Waals surface area contributed by atoms with Crippen molar-refractivity contribution >= 4 is 25.8 Å². The van der Waals surface area contributed by atoms with Gasteiger partial charge in [0, 0.05) is 10.5 Å². The molecule has 1 N–H and O–H groups in total. The fraction of sp³-hybridized carbons (Fsp3) is 0.571. The Balaban J connectivity index is 1.76. The number of sulfone groups is 1. The normalized spacial score (nSPS) is 23.4. The van der Waals surface area contributed by atoms with E-state index in [1.807, 2.05) is 12.1 Å². The SMILES string of the molecule is CC(Cc1ccc(Br)cc1)NCC1CCS(=O)(=O)C1. The second-order valence-corrected chi connectivity index (χ2v) is 8.55. The van der Waals surface area contributed by atoms with Gasteiger partial charge in [0.25, 0.3) is 0 Å². The third-order valence-corrected chi connectivity index (χ3v) is 5.90. The maximum absolute atomic E-state index is 11.4. The van der Waals surface area contributed by atoms with Gasteiger partial charge in [0.2, 0.25) is 0 Å². The predicted octanol–water partition coefficient (Wildman–Crippen LogP) is 2.40. The first-order valence-electron chi connectivity index (χ1n) is 6.63. The van der Waals surface area contributed by atoms with Gasteiger partial charge in [-0.1, -0.05) is 28.1 Å². The molecule has 106 valence electrons. The summed E-state index contributed by atoms with van der Waals surface area (Å²) in [5.74, 6) is 1.00. The first-order valence-corrected chi connectivity index (χ1v) is 9.24. The molecular weight excluding hydrogens is 326 g/mol. The van der Waals surface area contributed by atoms with Gasteiger partial charge in [-0.25, -0.2) is 8.42 Å². The zero-order valence-corrected chi connectivity index (χ0v) is 13.5. The Morgan fingerprint density at radius 2 is 2.05 bits per heavy atom. The Hall–Kier alpha value is -0.390. The third kappa shape index (κ3) is 4.89. The van der Waals surface area contributed by atoms with E-state index in [0.717, 1.165) is 23.9 Å². The Morgan fingerprint density at radius 1 is 1.37 bits per heavy atom. The van der Waals surface area contributed by atoms with Crippen LogP contribution >= 0.6 is 15.9 Å². The van der Waals surface area contributed by atoms with Gasteiger partial charge in [0.15, 0.2) is 9.84 Å². The van der Waals surface area contributed by atoms with Gasteiger partial charge in [-0.05, 0) is 49.9 Å². The van der Waals surface area contributed by atoms with E-state index in [9.17, 15) is 8.42 Å². The van der Waals surface area contributed by atoms with Crippen LogP contribution in [0.2, 0.25) is 0 Å². The molecule has 0 bridgehead atoms. The van der Waals surface area contributed by atoms with Crippen LogP contribution in [0.4, 0.5) is 0 Å². The van der Waals surface area contributed by atoms with Gasteiger partial charge in [0.05, 0.1) is 11.5 Å². The first kappa shape index (κ1) is 15.0. The molecule has 0 saturated carbocycles. The van der Waals surface area contributed by atoms with Crippen molar-refractivity contribution in [1.29, 1.82) is 0 Å². The minimum Gasteiger partial charge on any atom is -0.314 e. The van der Waals surface area contributed by atoms with Crippen molar-refractivity contribution in [2.24, 2.45) is 5.92 Å². The van der Waals surface area contributed by atoms with Crippen LogP contribution in [0.1, 0.15) is 18.9 Å². The second-order valence-electron chi connectivity index (χ2n) is 5.41. The Morgan fingerprint density at radius 3 is 2.63 bits per heavy atom. The maximum Gasteiger partial charge on any atom is 0.150 e. The molecule has 0 amide bonds. The molecule has 2 rings (SSSR count). The van der Waals surface area contributed by atoms with Crippen LogP contribution in [0.3, 0.4) is 0 Å². The van der Waals surface area contributed by atoms with Crippen LogP contribution in [-0.2, 0) is 16.3 Å². The van der Waals surface area contributed by atoms with Crippen molar-refractivity contribution in [3.05, 3.63) is 34.3 Å². The molecule has 2 atom stereocenters. The van der Waals surface area contributed by atoms with Gasteiger partial charge in [-0.2, -0.15) is 0 Å². The molecule has 19 heavy (non-hydrogen) atoms. The third-order valence-electron chi connectivity index (χ3n) is 3.54. The van der Waals surface area contributed by atoms with Crippen molar-refractivity contribution in [1.82, 2.24) is 5.32 Å². The topological polar surface area (TPSA) is 46.2 Å². The lowest BCUT2D eigenvalue weighted by Gasteiger charge is -2.16. The molecule has 1 aromatic rings. The number of hydrogen-bond donors (Lipinski definition) is 1. The molecule has 1 aromatic carbocycles. The first-order chi connectivity index (χ1) is 8.94. The molecular formula is C14H20BrNO2S. The van der Waals surface area contributed by atoms with Crippen molar-refractivity contribution in [3.8, 4) is 0 Å². The number of nitrogens with one attached hydrogen (secondary N) is 1. The summed E-state index contributed by atoms with van der Waals surface area (Å²) in [6, 6.07) is 8.69. The predicted molar refractivity (Wildman–Crippen MR) is 82.1 cm³/mol. The van der Waals surface area contributed by atoms with E-state index in [1.54, 1.807) is 0 Å². The van der Waals surface area contributed by atoms with Crippen LogP contribution in [0, 0.1) is 5.92 Å². The highest BCUT2D eigenvalue weighted by molar-refractivity contribution is 9.10. The number of benzene rings is 1. The molecule has 0 aromatic heterocycles. The van der Waals surface area contributed by atoms with Crippen molar-refractivity contribution in [2.75, 3.05) is 18.1 Å². The van der Waals surface area contributed by atoms with Gasteiger partial charge < -0.3 is 5.32 Å². The number of rotatable bonds is 5. The average Bonchev–Trinajstić information content (AvgIpc) is 2.69. The summed E-state index contributed by atoms with van der Waals surface area (Å²) < 4.78 is 23.8. The van der Waals surface area contributed by atoms with Crippen LogP contribution in [-0.4, -0.2) is 32.5 Å². The summed E-state index contributed by atoms with van der Waals surface area (Å²) in [5.41, 5.74) is 1.29. The fourth-order valence-corrected chi connectivity index (χ4v) is 4.57. The zero-order valence-electron chi connectivity index (χ0n) is 11.1. The average molecular weight is 346 g/mol. The minimum atomic E-state index is -2.75. The molecule has 1 saturated heterocycles. The van der Waals surface area contributed by atoms with Gasteiger partial charge in [-0.3, -0.25) is 0 Å². The molecule has 0 radical (unpaired) electrons. The molecule has 1 heterocycles. The summed E-state index contributed by atoms with van der Waals surface area (Å²) in [4.78, 5) is 0. The molecule has 3 nitrogen and oxygen atoms in total. The zero-order chi connectivity index (χ0) is 13.9. The summed E-state index contributed by atoms with van der Waals surface area (Å²) >= 11 is 3.43. The molecule has 0 spiro atoms. The quantitative estimate of drug-likeness (QED) is 0.891. The molecule has 5 heteroatoms. The standard InChI is InChI=1S/C14H20BrNO2S/c1-11(8-12-2-4-14(15)5-3-12)16-9-13-6-7-19(17,18)10-13/h2-5,11,13,16H,6-10H2,1H3. The van der Waals surface area contributed by atoms with Gasteiger partial charge in [-0.15, -0.1) is 0 Å². The van der Waals surface area contributed by atoms with Crippen molar-refractivity contribution < 1.29 is 8.42 Å². The van der Waals surface area contributed by atoms with E-state index in [2.05, 4.69) is 40.3 Å². The van der Waals surface area contributed by atoms with Crippen molar-refractivity contribution in [2.45, 2.75) is 25.8 Å². The number of halogens is 1. The molecule has 2 unspecified atom stereocenters. The largest absolute Gasteiger partial charge is 0.314 e. The highest BCUT2D eigenvalue weighted by Crippen LogP contribution is 2.18. The highest BCUT2D eigenvalue weighted by atomic mass is 79.9. The lowest BCUT2D eigenvalue weighted by molar-refractivity contribution is 0.465. The van der Waals surface area contributed by atoms with Gasteiger partial charge >= 0.3 is 0 Å². The van der Waals surface area contributed by atoms with Crippen LogP contribution in [0.5, 0.6) is 0 Å².